The van der Waals surface area contributed by atoms with Gasteiger partial charge in [-0.25, -0.2) is 9.78 Å². The zero-order valence-electron chi connectivity index (χ0n) is 21.5. The predicted molar refractivity (Wildman–Crippen MR) is 140 cm³/mol. The average molecular weight is 506 g/mol. The molecule has 2 aliphatic heterocycles. The van der Waals surface area contributed by atoms with Crippen LogP contribution in [0.1, 0.15) is 43.4 Å². The van der Waals surface area contributed by atoms with Crippen molar-refractivity contribution in [1.29, 1.82) is 0 Å². The van der Waals surface area contributed by atoms with Crippen LogP contribution in [0.4, 0.5) is 11.4 Å². The van der Waals surface area contributed by atoms with Gasteiger partial charge in [-0.3, -0.25) is 9.59 Å². The Bertz CT molecular complexity index is 1500. The van der Waals surface area contributed by atoms with Crippen LogP contribution in [0.3, 0.4) is 0 Å². The van der Waals surface area contributed by atoms with E-state index in [1.54, 1.807) is 17.6 Å². The van der Waals surface area contributed by atoms with Crippen molar-refractivity contribution in [3.8, 4) is 11.4 Å². The number of nitrogen functional groups attached to an aromatic ring is 1. The molecule has 3 N–H and O–H groups in total. The van der Waals surface area contributed by atoms with Crippen molar-refractivity contribution < 1.29 is 19.1 Å². The first kappa shape index (κ1) is 24.8. The van der Waals surface area contributed by atoms with E-state index in [1.165, 1.54) is 6.92 Å². The lowest BCUT2D eigenvalue weighted by molar-refractivity contribution is -0.188. The van der Waals surface area contributed by atoms with E-state index in [0.717, 1.165) is 29.6 Å². The zero-order valence-corrected chi connectivity index (χ0v) is 21.5. The van der Waals surface area contributed by atoms with Crippen LogP contribution < -0.4 is 16.6 Å². The summed E-state index contributed by atoms with van der Waals surface area (Å²) in [6, 6.07) is 7.34. The molecule has 1 atom stereocenters. The van der Waals surface area contributed by atoms with Crippen LogP contribution in [0.25, 0.3) is 22.3 Å². The molecule has 0 amide bonds. The first-order valence-corrected chi connectivity index (χ1v) is 12.4. The number of aromatic nitrogens is 2. The number of cyclic esters (lactones) is 1. The van der Waals surface area contributed by atoms with Gasteiger partial charge in [0.05, 0.1) is 34.7 Å². The quantitative estimate of drug-likeness (QED) is 0.221. The van der Waals surface area contributed by atoms with Gasteiger partial charge < -0.3 is 30.0 Å². The number of hydrogen-bond donors (Lipinski definition) is 2. The van der Waals surface area contributed by atoms with Crippen LogP contribution in [0.15, 0.2) is 29.1 Å². The highest BCUT2D eigenvalue weighted by Gasteiger charge is 2.50. The van der Waals surface area contributed by atoms with E-state index in [2.05, 4.69) is 10.2 Å². The van der Waals surface area contributed by atoms with Gasteiger partial charge in [-0.1, -0.05) is 13.0 Å². The van der Waals surface area contributed by atoms with E-state index in [9.17, 15) is 14.4 Å². The van der Waals surface area contributed by atoms with Gasteiger partial charge in [-0.2, -0.15) is 0 Å². The average Bonchev–Trinajstić information content (AvgIpc) is 3.22. The maximum absolute atomic E-state index is 13.7. The number of nitrogens with one attached hydrogen (secondary N) is 1. The fourth-order valence-corrected chi connectivity index (χ4v) is 5.36. The number of pyridine rings is 2. The Hall–Kier alpha value is -3.92. The largest absolute Gasteiger partial charge is 0.457 e. The molecule has 2 aromatic heterocycles. The van der Waals surface area contributed by atoms with Crippen LogP contribution in [-0.2, 0) is 37.8 Å². The first-order valence-electron chi connectivity index (χ1n) is 12.4. The highest BCUT2D eigenvalue weighted by Crippen LogP contribution is 2.44. The minimum absolute atomic E-state index is 0.133. The van der Waals surface area contributed by atoms with E-state index in [4.69, 9.17) is 20.2 Å². The van der Waals surface area contributed by atoms with Crippen molar-refractivity contribution in [3.63, 3.8) is 0 Å². The Morgan fingerprint density at radius 1 is 1.30 bits per heavy atom. The first-order chi connectivity index (χ1) is 17.7. The molecule has 1 aromatic carbocycles. The Kier molecular flexibility index (Phi) is 6.15. The lowest BCUT2D eigenvalue weighted by Crippen LogP contribution is -2.47. The SMILES string of the molecule is CC[C@@]1(OC(C)=O)C(=O)OCc2c1cc1n(c2=O)Cc2c-1nc1cccc(N)c1c2NCCCN(C)C. The van der Waals surface area contributed by atoms with Gasteiger partial charge >= 0.3 is 11.9 Å². The number of rotatable bonds is 7. The Labute approximate surface area is 214 Å². The molecule has 0 spiro atoms. The third-order valence-electron chi connectivity index (χ3n) is 7.12. The number of nitrogens with two attached hydrogens (primary N) is 1. The molecule has 3 aromatic rings. The number of anilines is 2. The molecule has 10 nitrogen and oxygen atoms in total. The van der Waals surface area contributed by atoms with Gasteiger partial charge in [0, 0.05) is 35.7 Å². The maximum atomic E-state index is 13.7. The topological polar surface area (TPSA) is 129 Å². The molecule has 0 saturated heterocycles. The molecule has 0 fully saturated rings. The van der Waals surface area contributed by atoms with Crippen LogP contribution in [-0.4, -0.2) is 53.6 Å². The molecule has 4 heterocycles. The summed E-state index contributed by atoms with van der Waals surface area (Å²) in [6.07, 6.45) is 1.05. The van der Waals surface area contributed by atoms with Crippen molar-refractivity contribution >= 4 is 34.2 Å². The second-order valence-electron chi connectivity index (χ2n) is 9.80. The maximum Gasteiger partial charge on any atom is 0.355 e. The van der Waals surface area contributed by atoms with Crippen LogP contribution in [0, 0.1) is 0 Å². The fraction of sp³-hybridized carbons (Fsp3) is 0.407. The summed E-state index contributed by atoms with van der Waals surface area (Å²) in [5, 5.41) is 4.38. The number of nitrogens with zero attached hydrogens (tertiary/aromatic N) is 3. The third-order valence-corrected chi connectivity index (χ3v) is 7.12. The minimum atomic E-state index is -1.68. The lowest BCUT2D eigenvalue weighted by Gasteiger charge is -2.35. The molecule has 0 aliphatic carbocycles. The van der Waals surface area contributed by atoms with Gasteiger partial charge in [0.25, 0.3) is 5.56 Å². The minimum Gasteiger partial charge on any atom is -0.457 e. The molecule has 37 heavy (non-hydrogen) atoms. The highest BCUT2D eigenvalue weighted by molar-refractivity contribution is 6.04. The van der Waals surface area contributed by atoms with E-state index in [1.807, 2.05) is 32.3 Å². The molecule has 10 heteroatoms. The number of fused-ring (bicyclic) bond motifs is 5. The van der Waals surface area contributed by atoms with Crippen molar-refractivity contribution in [2.75, 3.05) is 38.2 Å². The summed E-state index contributed by atoms with van der Waals surface area (Å²) >= 11 is 0. The molecular weight excluding hydrogens is 474 g/mol. The molecule has 0 saturated carbocycles. The number of carbonyl (C=O) groups is 2. The zero-order chi connectivity index (χ0) is 26.5. The number of benzene rings is 1. The molecule has 2 aliphatic rings. The fourth-order valence-electron chi connectivity index (χ4n) is 5.36. The molecule has 0 unspecified atom stereocenters. The Balaban J connectivity index is 1.71. The number of ether oxygens (including phenoxy) is 2. The van der Waals surface area contributed by atoms with Crippen LogP contribution in [0.2, 0.25) is 0 Å². The number of carbonyl (C=O) groups excluding carboxylic acids is 2. The summed E-state index contributed by atoms with van der Waals surface area (Å²) in [6.45, 7) is 4.72. The summed E-state index contributed by atoms with van der Waals surface area (Å²) in [7, 11) is 4.06. The van der Waals surface area contributed by atoms with Crippen molar-refractivity contribution in [2.45, 2.75) is 45.4 Å². The van der Waals surface area contributed by atoms with Crippen molar-refractivity contribution in [2.24, 2.45) is 0 Å². The number of hydrogen-bond acceptors (Lipinski definition) is 9. The third kappa shape index (κ3) is 3.92. The van der Waals surface area contributed by atoms with E-state index >= 15 is 0 Å². The lowest BCUT2D eigenvalue weighted by atomic mass is 9.85. The van der Waals surface area contributed by atoms with Gasteiger partial charge in [0.1, 0.15) is 6.61 Å². The van der Waals surface area contributed by atoms with E-state index in [0.29, 0.717) is 46.8 Å². The normalized spacial score (nSPS) is 17.8. The van der Waals surface area contributed by atoms with Crippen LogP contribution >= 0.6 is 0 Å². The van der Waals surface area contributed by atoms with Gasteiger partial charge in [0.2, 0.25) is 5.60 Å². The molecular formula is C27H31N5O5. The second kappa shape index (κ2) is 9.19. The number of esters is 2. The predicted octanol–water partition coefficient (Wildman–Crippen LogP) is 2.60. The summed E-state index contributed by atoms with van der Waals surface area (Å²) < 4.78 is 12.5. The summed E-state index contributed by atoms with van der Waals surface area (Å²) in [5.41, 5.74) is 9.32. The molecule has 194 valence electrons. The Morgan fingerprint density at radius 3 is 2.78 bits per heavy atom. The molecule has 5 rings (SSSR count). The smallest absolute Gasteiger partial charge is 0.355 e. The highest BCUT2D eigenvalue weighted by atomic mass is 16.6. The van der Waals surface area contributed by atoms with Crippen molar-refractivity contribution in [1.82, 2.24) is 14.5 Å². The molecule has 0 radical (unpaired) electrons. The van der Waals surface area contributed by atoms with Crippen molar-refractivity contribution in [3.05, 3.63) is 51.3 Å². The summed E-state index contributed by atoms with van der Waals surface area (Å²) in [5.74, 6) is -1.31. The standard InChI is InChI=1S/C27H31N5O5/c1-5-27(37-15(2)33)18-12-21-23-16(13-32(21)25(34)17(18)14-36-26(27)35)24(29-10-7-11-31(3)4)22-19(28)8-6-9-20(22)30-23/h6,8-9,12H,5,7,10-11,13-14,28H2,1-4H3,(H,29,30)/t27-/m0/s1. The summed E-state index contributed by atoms with van der Waals surface area (Å²) in [4.78, 5) is 45.7. The monoisotopic (exact) mass is 505 g/mol. The van der Waals surface area contributed by atoms with Gasteiger partial charge in [-0.05, 0) is 51.7 Å². The molecule has 0 bridgehead atoms. The van der Waals surface area contributed by atoms with E-state index in [-0.39, 0.29) is 18.6 Å². The second-order valence-corrected chi connectivity index (χ2v) is 9.80. The van der Waals surface area contributed by atoms with Gasteiger partial charge in [0.15, 0.2) is 0 Å². The van der Waals surface area contributed by atoms with Gasteiger partial charge in [-0.15, -0.1) is 0 Å². The van der Waals surface area contributed by atoms with E-state index < -0.39 is 17.5 Å². The van der Waals surface area contributed by atoms with Crippen LogP contribution in [0.5, 0.6) is 0 Å². The Morgan fingerprint density at radius 2 is 2.08 bits per heavy atom.